The van der Waals surface area contributed by atoms with E-state index >= 15 is 0 Å². The van der Waals surface area contributed by atoms with E-state index in [4.69, 9.17) is 11.5 Å². The first-order valence-electron chi connectivity index (χ1n) is 13.2. The van der Waals surface area contributed by atoms with Crippen LogP contribution in [0.15, 0.2) is 73.1 Å². The molecule has 0 unspecified atom stereocenters. The molecule has 1 atom stereocenters. The highest BCUT2D eigenvalue weighted by molar-refractivity contribution is 6.01. The zero-order valence-electron chi connectivity index (χ0n) is 21.6. The van der Waals surface area contributed by atoms with Gasteiger partial charge in [-0.15, -0.1) is 10.2 Å². The van der Waals surface area contributed by atoms with Gasteiger partial charge in [-0.1, -0.05) is 30.3 Å². The van der Waals surface area contributed by atoms with Crippen molar-refractivity contribution in [2.45, 2.75) is 38.1 Å². The molecular weight excluding hydrogens is 492 g/mol. The van der Waals surface area contributed by atoms with Gasteiger partial charge in [0, 0.05) is 36.0 Å². The number of primary amides is 1. The molecule has 1 fully saturated rings. The van der Waals surface area contributed by atoms with Crippen LogP contribution in [0.4, 0.5) is 5.69 Å². The van der Waals surface area contributed by atoms with E-state index in [-0.39, 0.29) is 11.8 Å². The van der Waals surface area contributed by atoms with Crippen LogP contribution in [-0.4, -0.2) is 50.0 Å². The van der Waals surface area contributed by atoms with Crippen LogP contribution in [-0.2, 0) is 16.0 Å². The normalized spacial score (nSPS) is 17.9. The van der Waals surface area contributed by atoms with Gasteiger partial charge in [0.25, 0.3) is 0 Å². The Bertz CT molecular complexity index is 1370. The lowest BCUT2D eigenvalue weighted by atomic mass is 9.81. The smallest absolute Gasteiger partial charge is 0.240 e. The molecule has 0 aliphatic heterocycles. The Morgan fingerprint density at radius 2 is 1.67 bits per heavy atom. The molecule has 1 aliphatic carbocycles. The van der Waals surface area contributed by atoms with Crippen molar-refractivity contribution in [1.29, 1.82) is 0 Å². The van der Waals surface area contributed by atoms with E-state index in [9.17, 15) is 9.59 Å². The standard InChI is InChI=1S/C29H32N8O2/c30-17-20-5-9-23(10-6-20)29(39)37(25-13-11-22(12-14-25)28-33-35-36-34-28)26(27(31)38)16-19-3-7-21(8-4-19)24-2-1-15-32-18-24/h1-4,7-8,11-15,18,20,23,26H,5-6,9-10,16-17,30H2,(H2,31,38)(H,33,34,35,36)/t20?,23?,26-/m0/s1. The van der Waals surface area contributed by atoms with Crippen LogP contribution < -0.4 is 16.4 Å². The van der Waals surface area contributed by atoms with Gasteiger partial charge in [0.15, 0.2) is 0 Å². The highest BCUT2D eigenvalue weighted by atomic mass is 16.2. The Labute approximate surface area is 226 Å². The summed E-state index contributed by atoms with van der Waals surface area (Å²) < 4.78 is 0. The Morgan fingerprint density at radius 3 is 2.26 bits per heavy atom. The third-order valence-corrected chi connectivity index (χ3v) is 7.53. The summed E-state index contributed by atoms with van der Waals surface area (Å²) in [6.45, 7) is 0.626. The van der Waals surface area contributed by atoms with E-state index in [1.807, 2.05) is 48.5 Å². The van der Waals surface area contributed by atoms with Crippen molar-refractivity contribution in [3.63, 3.8) is 0 Å². The molecule has 200 valence electrons. The number of hydrogen-bond donors (Lipinski definition) is 3. The Hall–Kier alpha value is -4.44. The lowest BCUT2D eigenvalue weighted by molar-refractivity contribution is -0.127. The van der Waals surface area contributed by atoms with Gasteiger partial charge in [0.2, 0.25) is 17.6 Å². The summed E-state index contributed by atoms with van der Waals surface area (Å²) in [5.74, 6) is 0.0346. The quantitative estimate of drug-likeness (QED) is 0.304. The molecule has 0 radical (unpaired) electrons. The third-order valence-electron chi connectivity index (χ3n) is 7.53. The molecule has 10 nitrogen and oxygen atoms in total. The Kier molecular flexibility index (Phi) is 8.02. The van der Waals surface area contributed by atoms with E-state index < -0.39 is 11.9 Å². The Morgan fingerprint density at radius 1 is 0.949 bits per heavy atom. The highest BCUT2D eigenvalue weighted by Gasteiger charge is 2.36. The maximum absolute atomic E-state index is 14.0. The fourth-order valence-corrected chi connectivity index (χ4v) is 5.27. The molecule has 10 heteroatoms. The summed E-state index contributed by atoms with van der Waals surface area (Å²) in [7, 11) is 0. The number of nitrogens with two attached hydrogens (primary N) is 2. The molecule has 39 heavy (non-hydrogen) atoms. The van der Waals surface area contributed by atoms with Crippen molar-refractivity contribution < 1.29 is 9.59 Å². The SMILES string of the molecule is NCC1CCC(C(=O)N(c2ccc(-c3nn[nH]n3)cc2)[C@@H](Cc2ccc(-c3cccnc3)cc2)C(N)=O)CC1. The molecule has 4 aromatic rings. The molecule has 2 aromatic carbocycles. The van der Waals surface area contributed by atoms with Crippen LogP contribution in [0.1, 0.15) is 31.2 Å². The number of nitrogens with zero attached hydrogens (tertiary/aromatic N) is 5. The number of tetrazole rings is 1. The van der Waals surface area contributed by atoms with Crippen LogP contribution in [0.5, 0.6) is 0 Å². The van der Waals surface area contributed by atoms with Crippen molar-refractivity contribution in [2.75, 3.05) is 11.4 Å². The molecule has 2 aromatic heterocycles. The summed E-state index contributed by atoms with van der Waals surface area (Å²) in [5, 5.41) is 14.1. The van der Waals surface area contributed by atoms with Crippen LogP contribution in [0.25, 0.3) is 22.5 Å². The fourth-order valence-electron chi connectivity index (χ4n) is 5.27. The monoisotopic (exact) mass is 524 g/mol. The van der Waals surface area contributed by atoms with Crippen molar-refractivity contribution in [3.8, 4) is 22.5 Å². The number of carbonyl (C=O) groups excluding carboxylic acids is 2. The summed E-state index contributed by atoms with van der Waals surface area (Å²) >= 11 is 0. The third kappa shape index (κ3) is 6.01. The van der Waals surface area contributed by atoms with Crippen molar-refractivity contribution in [1.82, 2.24) is 25.6 Å². The van der Waals surface area contributed by atoms with Gasteiger partial charge in [0.1, 0.15) is 6.04 Å². The topological polar surface area (TPSA) is 157 Å². The van der Waals surface area contributed by atoms with Crippen LogP contribution in [0.2, 0.25) is 0 Å². The van der Waals surface area contributed by atoms with Gasteiger partial charge >= 0.3 is 0 Å². The number of H-pyrrole nitrogens is 1. The zero-order chi connectivity index (χ0) is 27.2. The summed E-state index contributed by atoms with van der Waals surface area (Å²) in [6.07, 6.45) is 7.10. The van der Waals surface area contributed by atoms with Crippen LogP contribution in [0.3, 0.4) is 0 Å². The van der Waals surface area contributed by atoms with E-state index in [1.54, 1.807) is 29.4 Å². The average Bonchev–Trinajstić information content (AvgIpc) is 3.53. The van der Waals surface area contributed by atoms with Crippen molar-refractivity contribution in [2.24, 2.45) is 23.3 Å². The lowest BCUT2D eigenvalue weighted by Gasteiger charge is -2.35. The number of carbonyl (C=O) groups is 2. The van der Waals surface area contributed by atoms with E-state index in [2.05, 4.69) is 25.6 Å². The molecule has 1 saturated carbocycles. The van der Waals surface area contributed by atoms with Gasteiger partial charge < -0.3 is 11.5 Å². The average molecular weight is 525 g/mol. The maximum Gasteiger partial charge on any atom is 0.240 e. The second-order valence-corrected chi connectivity index (χ2v) is 10.0. The van der Waals surface area contributed by atoms with Gasteiger partial charge in [0.05, 0.1) is 0 Å². The van der Waals surface area contributed by atoms with Crippen molar-refractivity contribution in [3.05, 3.63) is 78.6 Å². The predicted octanol–water partition coefficient (Wildman–Crippen LogP) is 3.12. The number of anilines is 1. The Balaban J connectivity index is 1.44. The van der Waals surface area contributed by atoms with Crippen LogP contribution in [0, 0.1) is 11.8 Å². The molecule has 1 aliphatic rings. The molecular formula is C29H32N8O2. The number of aromatic nitrogens is 5. The number of aromatic amines is 1. The minimum atomic E-state index is -0.856. The number of pyridine rings is 1. The minimum absolute atomic E-state index is 0.0893. The molecule has 5 N–H and O–H groups in total. The molecule has 2 heterocycles. The molecule has 2 amide bonds. The number of hydrogen-bond acceptors (Lipinski definition) is 7. The van der Waals surface area contributed by atoms with E-state index in [0.717, 1.165) is 47.9 Å². The molecule has 0 spiro atoms. The summed E-state index contributed by atoms with van der Waals surface area (Å²) in [5.41, 5.74) is 16.1. The largest absolute Gasteiger partial charge is 0.368 e. The minimum Gasteiger partial charge on any atom is -0.368 e. The maximum atomic E-state index is 14.0. The van der Waals surface area contributed by atoms with Gasteiger partial charge in [-0.05, 0) is 90.4 Å². The number of benzene rings is 2. The van der Waals surface area contributed by atoms with E-state index in [0.29, 0.717) is 30.4 Å². The first kappa shape index (κ1) is 26.2. The first-order valence-corrected chi connectivity index (χ1v) is 13.2. The predicted molar refractivity (Wildman–Crippen MR) is 148 cm³/mol. The summed E-state index contributed by atoms with van der Waals surface area (Å²) in [4.78, 5) is 32.7. The number of nitrogens with one attached hydrogen (secondary N) is 1. The fraction of sp³-hybridized carbons (Fsp3) is 0.310. The van der Waals surface area contributed by atoms with Gasteiger partial charge in [-0.2, -0.15) is 5.21 Å². The highest BCUT2D eigenvalue weighted by Crippen LogP contribution is 2.33. The first-order chi connectivity index (χ1) is 19.0. The molecule has 5 rings (SSSR count). The summed E-state index contributed by atoms with van der Waals surface area (Å²) in [6, 6.07) is 18.2. The second kappa shape index (κ2) is 12.0. The lowest BCUT2D eigenvalue weighted by Crippen LogP contribution is -2.52. The van der Waals surface area contributed by atoms with Crippen molar-refractivity contribution >= 4 is 17.5 Å². The van der Waals surface area contributed by atoms with Crippen LogP contribution >= 0.6 is 0 Å². The molecule has 0 saturated heterocycles. The molecule has 0 bridgehead atoms. The number of amides is 2. The zero-order valence-corrected chi connectivity index (χ0v) is 21.6. The van der Waals surface area contributed by atoms with E-state index in [1.165, 1.54) is 0 Å². The second-order valence-electron chi connectivity index (χ2n) is 10.0. The van der Waals surface area contributed by atoms with Gasteiger partial charge in [-0.25, -0.2) is 0 Å². The number of rotatable bonds is 9. The van der Waals surface area contributed by atoms with Gasteiger partial charge in [-0.3, -0.25) is 19.5 Å².